The van der Waals surface area contributed by atoms with E-state index in [0.717, 1.165) is 13.1 Å². The maximum absolute atomic E-state index is 12.2. The van der Waals surface area contributed by atoms with E-state index in [9.17, 15) is 8.42 Å². The fourth-order valence-electron chi connectivity index (χ4n) is 1.97. The number of nitrogens with zero attached hydrogens (tertiary/aromatic N) is 1. The molecule has 0 bridgehead atoms. The predicted octanol–water partition coefficient (Wildman–Crippen LogP) is 3.00. The molecule has 0 fully saturated rings. The average Bonchev–Trinajstić information content (AvgIpc) is 2.37. The lowest BCUT2D eigenvalue weighted by Crippen LogP contribution is -2.41. The molecule has 114 valence electrons. The quantitative estimate of drug-likeness (QED) is 0.831. The summed E-state index contributed by atoms with van der Waals surface area (Å²) in [6.45, 7) is 8.18. The zero-order valence-electron chi connectivity index (χ0n) is 11.9. The minimum Gasteiger partial charge on any atom is -0.300 e. The van der Waals surface area contributed by atoms with E-state index in [1.807, 2.05) is 20.8 Å². The molecule has 0 radical (unpaired) electrons. The summed E-state index contributed by atoms with van der Waals surface area (Å²) in [6.07, 6.45) is 0. The molecule has 0 amide bonds. The van der Waals surface area contributed by atoms with Crippen molar-refractivity contribution in [1.82, 2.24) is 9.62 Å². The van der Waals surface area contributed by atoms with Crippen molar-refractivity contribution in [3.63, 3.8) is 0 Å². The van der Waals surface area contributed by atoms with Crippen LogP contribution in [0, 0.1) is 0 Å². The van der Waals surface area contributed by atoms with Crippen LogP contribution < -0.4 is 4.72 Å². The summed E-state index contributed by atoms with van der Waals surface area (Å²) in [5.41, 5.74) is 0. The molecule has 0 saturated heterocycles. The maximum atomic E-state index is 12.2. The molecule has 0 aliphatic rings. The summed E-state index contributed by atoms with van der Waals surface area (Å²) in [7, 11) is -3.60. The number of halogens is 2. The minimum absolute atomic E-state index is 0.0850. The van der Waals surface area contributed by atoms with Crippen LogP contribution in [0.4, 0.5) is 0 Å². The van der Waals surface area contributed by atoms with E-state index in [1.54, 1.807) is 0 Å². The van der Waals surface area contributed by atoms with Crippen LogP contribution in [0.1, 0.15) is 20.8 Å². The van der Waals surface area contributed by atoms with Crippen molar-refractivity contribution < 1.29 is 8.42 Å². The Morgan fingerprint density at radius 3 is 2.10 bits per heavy atom. The monoisotopic (exact) mass is 338 g/mol. The van der Waals surface area contributed by atoms with Gasteiger partial charge in [-0.15, -0.1) is 0 Å². The molecule has 1 aromatic rings. The van der Waals surface area contributed by atoms with Crippen molar-refractivity contribution in [2.45, 2.75) is 31.7 Å². The van der Waals surface area contributed by atoms with Gasteiger partial charge in [0.15, 0.2) is 0 Å². The topological polar surface area (TPSA) is 49.4 Å². The molecular weight excluding hydrogens is 319 g/mol. The molecule has 1 rings (SSSR count). The van der Waals surface area contributed by atoms with Crippen molar-refractivity contribution in [1.29, 1.82) is 0 Å². The van der Waals surface area contributed by atoms with Gasteiger partial charge in [0, 0.05) is 22.6 Å². The molecule has 0 aromatic heterocycles. The second kappa shape index (κ2) is 7.61. The molecule has 20 heavy (non-hydrogen) atoms. The average molecular weight is 339 g/mol. The first-order valence-corrected chi connectivity index (χ1v) is 8.73. The maximum Gasteiger partial charge on any atom is 0.240 e. The van der Waals surface area contributed by atoms with Crippen LogP contribution in [0.2, 0.25) is 10.0 Å². The molecule has 0 heterocycles. The smallest absolute Gasteiger partial charge is 0.240 e. The number of rotatable bonds is 7. The van der Waals surface area contributed by atoms with E-state index in [1.165, 1.54) is 18.2 Å². The van der Waals surface area contributed by atoms with E-state index >= 15 is 0 Å². The molecular formula is C13H20Cl2N2O2S. The van der Waals surface area contributed by atoms with Crippen LogP contribution in [0.25, 0.3) is 0 Å². The lowest BCUT2D eigenvalue weighted by atomic mass is 10.3. The normalized spacial score (nSPS) is 13.7. The Morgan fingerprint density at radius 1 is 1.15 bits per heavy atom. The molecule has 0 aliphatic heterocycles. The molecule has 1 atom stereocenters. The van der Waals surface area contributed by atoms with Gasteiger partial charge in [-0.1, -0.05) is 37.0 Å². The third-order valence-corrected chi connectivity index (χ3v) is 4.99. The van der Waals surface area contributed by atoms with Gasteiger partial charge >= 0.3 is 0 Å². The third-order valence-electron chi connectivity index (χ3n) is 3.15. The second-order valence-electron chi connectivity index (χ2n) is 4.53. The zero-order chi connectivity index (χ0) is 15.3. The zero-order valence-corrected chi connectivity index (χ0v) is 14.2. The number of sulfonamides is 1. The molecule has 4 nitrogen and oxygen atoms in total. The highest BCUT2D eigenvalue weighted by molar-refractivity contribution is 7.89. The van der Waals surface area contributed by atoms with E-state index in [-0.39, 0.29) is 10.9 Å². The summed E-state index contributed by atoms with van der Waals surface area (Å²) in [5, 5.41) is 0.601. The lowest BCUT2D eigenvalue weighted by molar-refractivity contribution is 0.232. The molecule has 1 N–H and O–H groups in total. The number of nitrogens with one attached hydrogen (secondary N) is 1. The van der Waals surface area contributed by atoms with Gasteiger partial charge in [0.2, 0.25) is 10.0 Å². The molecule has 1 aromatic carbocycles. The van der Waals surface area contributed by atoms with Crippen molar-refractivity contribution in [3.05, 3.63) is 28.2 Å². The summed E-state index contributed by atoms with van der Waals surface area (Å²) in [4.78, 5) is 2.26. The minimum atomic E-state index is -3.60. The molecule has 0 unspecified atom stereocenters. The van der Waals surface area contributed by atoms with Gasteiger partial charge in [0.25, 0.3) is 0 Å². The first-order chi connectivity index (χ1) is 9.30. The summed E-state index contributed by atoms with van der Waals surface area (Å²) >= 11 is 11.7. The van der Waals surface area contributed by atoms with Gasteiger partial charge in [-0.25, -0.2) is 13.1 Å². The Hall–Kier alpha value is -0.330. The highest BCUT2D eigenvalue weighted by Crippen LogP contribution is 2.22. The van der Waals surface area contributed by atoms with Gasteiger partial charge in [0.1, 0.15) is 0 Å². The van der Waals surface area contributed by atoms with E-state index in [0.29, 0.717) is 16.6 Å². The second-order valence-corrected chi connectivity index (χ2v) is 7.17. The Balaban J connectivity index is 2.80. The summed E-state index contributed by atoms with van der Waals surface area (Å²) < 4.78 is 27.0. The van der Waals surface area contributed by atoms with Crippen molar-refractivity contribution in [2.24, 2.45) is 0 Å². The SMILES string of the molecule is CCN(CC)[C@H](C)CNS(=O)(=O)c1cc(Cl)cc(Cl)c1. The van der Waals surface area contributed by atoms with Crippen molar-refractivity contribution >= 4 is 33.2 Å². The van der Waals surface area contributed by atoms with Crippen LogP contribution in [0.3, 0.4) is 0 Å². The van der Waals surface area contributed by atoms with Gasteiger partial charge in [-0.3, -0.25) is 4.90 Å². The molecule has 0 spiro atoms. The largest absolute Gasteiger partial charge is 0.300 e. The fraction of sp³-hybridized carbons (Fsp3) is 0.538. The van der Waals surface area contributed by atoms with Gasteiger partial charge in [-0.05, 0) is 38.2 Å². The van der Waals surface area contributed by atoms with Crippen LogP contribution in [0.15, 0.2) is 23.1 Å². The predicted molar refractivity (Wildman–Crippen MR) is 84.0 cm³/mol. The number of hydrogen-bond acceptors (Lipinski definition) is 3. The van der Waals surface area contributed by atoms with E-state index < -0.39 is 10.0 Å². The Labute approximate surface area is 131 Å². The summed E-state index contributed by atoms with van der Waals surface area (Å²) in [5.74, 6) is 0. The van der Waals surface area contributed by atoms with Crippen molar-refractivity contribution in [3.8, 4) is 0 Å². The molecule has 0 saturated carbocycles. The number of likely N-dealkylation sites (N-methyl/N-ethyl adjacent to an activating group) is 1. The van der Waals surface area contributed by atoms with Gasteiger partial charge < -0.3 is 0 Å². The van der Waals surface area contributed by atoms with E-state index in [4.69, 9.17) is 23.2 Å². The highest BCUT2D eigenvalue weighted by Gasteiger charge is 2.18. The van der Waals surface area contributed by atoms with Crippen LogP contribution in [0.5, 0.6) is 0 Å². The van der Waals surface area contributed by atoms with Gasteiger partial charge in [0.05, 0.1) is 4.90 Å². The molecule has 0 aliphatic carbocycles. The van der Waals surface area contributed by atoms with Gasteiger partial charge in [-0.2, -0.15) is 0 Å². The van der Waals surface area contributed by atoms with Crippen molar-refractivity contribution in [2.75, 3.05) is 19.6 Å². The fourth-order valence-corrected chi connectivity index (χ4v) is 3.82. The first-order valence-electron chi connectivity index (χ1n) is 6.50. The van der Waals surface area contributed by atoms with Crippen LogP contribution >= 0.6 is 23.2 Å². The summed E-state index contributed by atoms with van der Waals surface area (Å²) in [6, 6.07) is 4.39. The highest BCUT2D eigenvalue weighted by atomic mass is 35.5. The van der Waals surface area contributed by atoms with Crippen LogP contribution in [-0.2, 0) is 10.0 Å². The Bertz CT molecular complexity index is 525. The molecule has 7 heteroatoms. The third kappa shape index (κ3) is 4.90. The Morgan fingerprint density at radius 2 is 1.65 bits per heavy atom. The standard InChI is InChI=1S/C13H20Cl2N2O2S/c1-4-17(5-2)10(3)9-16-20(18,19)13-7-11(14)6-12(15)8-13/h6-8,10,16H,4-5,9H2,1-3H3/t10-/m1/s1. The van der Waals surface area contributed by atoms with Crippen LogP contribution in [-0.4, -0.2) is 39.0 Å². The lowest BCUT2D eigenvalue weighted by Gasteiger charge is -2.26. The number of hydrogen-bond donors (Lipinski definition) is 1. The first kappa shape index (κ1) is 17.7. The number of benzene rings is 1. The van der Waals surface area contributed by atoms with E-state index in [2.05, 4.69) is 9.62 Å². The Kier molecular flexibility index (Phi) is 6.75.